The standard InChI is InChI=1S/C15H23NO3/c1-15(2,3)8-12(14(18)19)16-13(17)11-7-9-4-5-10(11)6-9/h4-5,9-12H,6-8H2,1-3H3,(H,16,17)(H,18,19). The van der Waals surface area contributed by atoms with Crippen LogP contribution in [0.3, 0.4) is 0 Å². The largest absolute Gasteiger partial charge is 0.480 e. The zero-order chi connectivity index (χ0) is 14.2. The lowest BCUT2D eigenvalue weighted by molar-refractivity contribution is -0.143. The van der Waals surface area contributed by atoms with Gasteiger partial charge in [0.2, 0.25) is 5.91 Å². The Bertz CT molecular complexity index is 408. The average Bonchev–Trinajstić information content (AvgIpc) is 2.87. The van der Waals surface area contributed by atoms with Crippen molar-refractivity contribution in [3.8, 4) is 0 Å². The zero-order valence-corrected chi connectivity index (χ0v) is 11.8. The molecule has 2 bridgehead atoms. The van der Waals surface area contributed by atoms with Gasteiger partial charge in [-0.1, -0.05) is 32.9 Å². The molecule has 2 aliphatic rings. The maximum Gasteiger partial charge on any atom is 0.326 e. The van der Waals surface area contributed by atoms with E-state index in [4.69, 9.17) is 0 Å². The summed E-state index contributed by atoms with van der Waals surface area (Å²) in [5.41, 5.74) is -0.120. The van der Waals surface area contributed by atoms with Crippen LogP contribution in [-0.4, -0.2) is 23.0 Å². The molecule has 0 saturated heterocycles. The molecular formula is C15H23NO3. The molecule has 2 N–H and O–H groups in total. The number of allylic oxidation sites excluding steroid dienone is 2. The second kappa shape index (κ2) is 4.99. The lowest BCUT2D eigenvalue weighted by Crippen LogP contribution is -2.46. The van der Waals surface area contributed by atoms with Crippen molar-refractivity contribution in [3.63, 3.8) is 0 Å². The molecule has 2 aliphatic carbocycles. The molecule has 4 unspecified atom stereocenters. The molecule has 0 radical (unpaired) electrons. The van der Waals surface area contributed by atoms with Crippen molar-refractivity contribution in [2.24, 2.45) is 23.2 Å². The van der Waals surface area contributed by atoms with Crippen molar-refractivity contribution in [2.45, 2.75) is 46.1 Å². The fourth-order valence-electron chi connectivity index (χ4n) is 3.17. The summed E-state index contributed by atoms with van der Waals surface area (Å²) in [6.07, 6.45) is 6.66. The first-order valence-electron chi connectivity index (χ1n) is 6.98. The highest BCUT2D eigenvalue weighted by molar-refractivity contribution is 5.85. The molecule has 0 aromatic heterocycles. The number of hydrogen-bond acceptors (Lipinski definition) is 2. The molecule has 2 rings (SSSR count). The van der Waals surface area contributed by atoms with Crippen LogP contribution in [0, 0.1) is 23.2 Å². The normalized spacial score (nSPS) is 30.4. The van der Waals surface area contributed by atoms with Crippen LogP contribution in [0.4, 0.5) is 0 Å². The van der Waals surface area contributed by atoms with E-state index in [9.17, 15) is 14.7 Å². The molecule has 19 heavy (non-hydrogen) atoms. The average molecular weight is 265 g/mol. The Morgan fingerprint density at radius 3 is 2.42 bits per heavy atom. The van der Waals surface area contributed by atoms with Crippen LogP contribution >= 0.6 is 0 Å². The zero-order valence-electron chi connectivity index (χ0n) is 11.8. The minimum absolute atomic E-state index is 0.0307. The first-order chi connectivity index (χ1) is 8.76. The second-order valence-electron chi connectivity index (χ2n) is 7.05. The van der Waals surface area contributed by atoms with Crippen LogP contribution < -0.4 is 5.32 Å². The van der Waals surface area contributed by atoms with Gasteiger partial charge in [-0.05, 0) is 36.5 Å². The smallest absolute Gasteiger partial charge is 0.326 e. The molecule has 4 heteroatoms. The van der Waals surface area contributed by atoms with E-state index in [-0.39, 0.29) is 17.2 Å². The first kappa shape index (κ1) is 14.1. The van der Waals surface area contributed by atoms with Gasteiger partial charge in [-0.3, -0.25) is 4.79 Å². The molecule has 0 heterocycles. The van der Waals surface area contributed by atoms with E-state index >= 15 is 0 Å². The Balaban J connectivity index is 1.96. The van der Waals surface area contributed by atoms with Crippen LogP contribution in [0.1, 0.15) is 40.0 Å². The van der Waals surface area contributed by atoms with Crippen molar-refractivity contribution >= 4 is 11.9 Å². The number of nitrogens with one attached hydrogen (secondary N) is 1. The molecule has 0 aliphatic heterocycles. The van der Waals surface area contributed by atoms with Gasteiger partial charge in [0.25, 0.3) is 0 Å². The van der Waals surface area contributed by atoms with Gasteiger partial charge < -0.3 is 10.4 Å². The Morgan fingerprint density at radius 1 is 1.32 bits per heavy atom. The Hall–Kier alpha value is -1.32. The van der Waals surface area contributed by atoms with Gasteiger partial charge in [-0.25, -0.2) is 4.79 Å². The molecule has 1 amide bonds. The van der Waals surface area contributed by atoms with Crippen LogP contribution in [-0.2, 0) is 9.59 Å². The van der Waals surface area contributed by atoms with Gasteiger partial charge >= 0.3 is 5.97 Å². The molecule has 1 saturated carbocycles. The third kappa shape index (κ3) is 3.37. The van der Waals surface area contributed by atoms with Gasteiger partial charge in [0.15, 0.2) is 0 Å². The van der Waals surface area contributed by atoms with Gasteiger partial charge in [-0.15, -0.1) is 0 Å². The van der Waals surface area contributed by atoms with E-state index in [2.05, 4.69) is 17.5 Å². The molecule has 4 atom stereocenters. The molecule has 0 aromatic rings. The summed E-state index contributed by atoms with van der Waals surface area (Å²) in [7, 11) is 0. The molecule has 4 nitrogen and oxygen atoms in total. The number of carboxylic acid groups (broad SMARTS) is 1. The van der Waals surface area contributed by atoms with Crippen molar-refractivity contribution in [3.05, 3.63) is 12.2 Å². The second-order valence-corrected chi connectivity index (χ2v) is 7.05. The van der Waals surface area contributed by atoms with E-state index < -0.39 is 12.0 Å². The number of fused-ring (bicyclic) bond motifs is 2. The number of carbonyl (C=O) groups is 2. The molecule has 1 fully saturated rings. The SMILES string of the molecule is CC(C)(C)CC(NC(=O)C1CC2C=CC1C2)C(=O)O. The van der Waals surface area contributed by atoms with Crippen LogP contribution in [0.5, 0.6) is 0 Å². The molecular weight excluding hydrogens is 242 g/mol. The maximum atomic E-state index is 12.2. The first-order valence-corrected chi connectivity index (χ1v) is 6.98. The van der Waals surface area contributed by atoms with Crippen molar-refractivity contribution in [1.82, 2.24) is 5.32 Å². The Labute approximate surface area is 114 Å². The van der Waals surface area contributed by atoms with Crippen LogP contribution in [0.2, 0.25) is 0 Å². The number of rotatable bonds is 4. The highest BCUT2D eigenvalue weighted by Gasteiger charge is 2.41. The highest BCUT2D eigenvalue weighted by Crippen LogP contribution is 2.43. The van der Waals surface area contributed by atoms with E-state index in [0.29, 0.717) is 18.3 Å². The lowest BCUT2D eigenvalue weighted by Gasteiger charge is -2.26. The van der Waals surface area contributed by atoms with E-state index in [1.807, 2.05) is 20.8 Å². The topological polar surface area (TPSA) is 66.4 Å². The van der Waals surface area contributed by atoms with Gasteiger partial charge in [-0.2, -0.15) is 0 Å². The minimum atomic E-state index is -0.943. The quantitative estimate of drug-likeness (QED) is 0.766. The van der Waals surface area contributed by atoms with Crippen molar-refractivity contribution in [2.75, 3.05) is 0 Å². The summed E-state index contributed by atoms with van der Waals surface area (Å²) >= 11 is 0. The third-order valence-electron chi connectivity index (χ3n) is 4.05. The molecule has 0 spiro atoms. The van der Waals surface area contributed by atoms with Crippen molar-refractivity contribution in [1.29, 1.82) is 0 Å². The number of carboxylic acids is 1. The maximum absolute atomic E-state index is 12.2. The van der Waals surface area contributed by atoms with E-state index in [1.165, 1.54) is 0 Å². The number of aliphatic carboxylic acids is 1. The van der Waals surface area contributed by atoms with E-state index in [0.717, 1.165) is 12.8 Å². The van der Waals surface area contributed by atoms with Gasteiger partial charge in [0.1, 0.15) is 6.04 Å². The van der Waals surface area contributed by atoms with Crippen LogP contribution in [0.25, 0.3) is 0 Å². The van der Waals surface area contributed by atoms with Gasteiger partial charge in [0, 0.05) is 5.92 Å². The lowest BCUT2D eigenvalue weighted by atomic mass is 9.87. The fraction of sp³-hybridized carbons (Fsp3) is 0.733. The summed E-state index contributed by atoms with van der Waals surface area (Å²) in [4.78, 5) is 23.5. The monoisotopic (exact) mass is 265 g/mol. The molecule has 0 aromatic carbocycles. The van der Waals surface area contributed by atoms with E-state index in [1.54, 1.807) is 0 Å². The van der Waals surface area contributed by atoms with Crippen LogP contribution in [0.15, 0.2) is 12.2 Å². The molecule has 106 valence electrons. The van der Waals surface area contributed by atoms with Crippen molar-refractivity contribution < 1.29 is 14.7 Å². The van der Waals surface area contributed by atoms with Gasteiger partial charge in [0.05, 0.1) is 0 Å². The summed E-state index contributed by atoms with van der Waals surface area (Å²) in [6.45, 7) is 5.94. The highest BCUT2D eigenvalue weighted by atomic mass is 16.4. The third-order valence-corrected chi connectivity index (χ3v) is 4.05. The predicted molar refractivity (Wildman–Crippen MR) is 72.5 cm³/mol. The summed E-state index contributed by atoms with van der Waals surface area (Å²) in [5.74, 6) is -0.229. The Kier molecular flexibility index (Phi) is 3.70. The number of hydrogen-bond donors (Lipinski definition) is 2. The summed E-state index contributed by atoms with van der Waals surface area (Å²) in [6, 6.07) is -0.782. The number of carbonyl (C=O) groups excluding carboxylic acids is 1. The Morgan fingerprint density at radius 2 is 2.00 bits per heavy atom. The fourth-order valence-corrected chi connectivity index (χ4v) is 3.17. The predicted octanol–water partition coefficient (Wildman–Crippen LogP) is 2.20. The summed E-state index contributed by atoms with van der Waals surface area (Å²) < 4.78 is 0. The minimum Gasteiger partial charge on any atom is -0.480 e. The summed E-state index contributed by atoms with van der Waals surface area (Å²) in [5, 5.41) is 12.0. The number of amides is 1.